The summed E-state index contributed by atoms with van der Waals surface area (Å²) in [5.41, 5.74) is 2.57. The molecule has 0 fully saturated rings. The third-order valence-corrected chi connectivity index (χ3v) is 5.39. The van der Waals surface area contributed by atoms with Crippen molar-refractivity contribution in [2.45, 2.75) is 52.9 Å². The molecule has 0 saturated carbocycles. The highest BCUT2D eigenvalue weighted by Gasteiger charge is 2.39. The van der Waals surface area contributed by atoms with Gasteiger partial charge < -0.3 is 14.4 Å². The molecular weight excluding hydrogens is 398 g/mol. The van der Waals surface area contributed by atoms with E-state index in [9.17, 15) is 9.59 Å². The largest absolute Gasteiger partial charge is 0.461 e. The van der Waals surface area contributed by atoms with Crippen LogP contribution in [0.5, 0.6) is 0 Å². The van der Waals surface area contributed by atoms with Crippen LogP contribution in [0.1, 0.15) is 33.3 Å². The standard InChI is InChI=1S/C24H27NO4S/c1-15(2)28-23(26)22(24(27)29-16(3)4)25(18-12-10-17(5)11-13-18)20-14-30-21-9-7-6-8-19(20)21/h6-16,22H,1-5H3. The number of anilines is 2. The fourth-order valence-electron chi connectivity index (χ4n) is 3.18. The first-order valence-corrected chi connectivity index (χ1v) is 10.9. The number of esters is 2. The Kier molecular flexibility index (Phi) is 6.77. The molecule has 1 heterocycles. The molecular formula is C24H27NO4S. The molecule has 0 amide bonds. The first-order valence-electron chi connectivity index (χ1n) is 10.0. The van der Waals surface area contributed by atoms with E-state index in [0.29, 0.717) is 0 Å². The normalized spacial score (nSPS) is 11.3. The molecule has 0 N–H and O–H groups in total. The van der Waals surface area contributed by atoms with Gasteiger partial charge in [0.2, 0.25) is 6.04 Å². The molecule has 0 aliphatic carbocycles. The summed E-state index contributed by atoms with van der Waals surface area (Å²) in [6.45, 7) is 9.04. The molecule has 0 bridgehead atoms. The van der Waals surface area contributed by atoms with Crippen molar-refractivity contribution in [1.29, 1.82) is 0 Å². The minimum atomic E-state index is -1.25. The maximum absolute atomic E-state index is 13.1. The van der Waals surface area contributed by atoms with Gasteiger partial charge in [-0.05, 0) is 52.8 Å². The van der Waals surface area contributed by atoms with E-state index in [1.807, 2.05) is 60.8 Å². The van der Waals surface area contributed by atoms with Gasteiger partial charge in [-0.3, -0.25) is 0 Å². The summed E-state index contributed by atoms with van der Waals surface area (Å²) in [6.07, 6.45) is -0.711. The van der Waals surface area contributed by atoms with Crippen LogP contribution in [-0.4, -0.2) is 30.2 Å². The summed E-state index contributed by atoms with van der Waals surface area (Å²) in [5, 5.41) is 2.92. The van der Waals surface area contributed by atoms with Crippen molar-refractivity contribution in [1.82, 2.24) is 0 Å². The predicted octanol–water partition coefficient (Wildman–Crippen LogP) is 5.62. The smallest absolute Gasteiger partial charge is 0.341 e. The third kappa shape index (κ3) is 4.82. The van der Waals surface area contributed by atoms with Crippen LogP contribution in [0.4, 0.5) is 11.4 Å². The van der Waals surface area contributed by atoms with Crippen LogP contribution in [0.15, 0.2) is 53.9 Å². The molecule has 0 radical (unpaired) electrons. The molecule has 3 aromatic rings. The Hall–Kier alpha value is -2.86. The van der Waals surface area contributed by atoms with Gasteiger partial charge in [0, 0.05) is 21.2 Å². The van der Waals surface area contributed by atoms with Gasteiger partial charge in [-0.15, -0.1) is 11.3 Å². The number of carbonyl (C=O) groups is 2. The maximum Gasteiger partial charge on any atom is 0.341 e. The van der Waals surface area contributed by atoms with Crippen molar-refractivity contribution in [3.63, 3.8) is 0 Å². The van der Waals surface area contributed by atoms with Crippen LogP contribution in [0, 0.1) is 6.92 Å². The average Bonchev–Trinajstić information content (AvgIpc) is 3.09. The lowest BCUT2D eigenvalue weighted by atomic mass is 10.1. The second-order valence-corrected chi connectivity index (χ2v) is 8.61. The first kappa shape index (κ1) is 21.8. The summed E-state index contributed by atoms with van der Waals surface area (Å²) < 4.78 is 12.0. The molecule has 5 nitrogen and oxygen atoms in total. The molecule has 30 heavy (non-hydrogen) atoms. The van der Waals surface area contributed by atoms with Crippen molar-refractivity contribution in [3.8, 4) is 0 Å². The highest BCUT2D eigenvalue weighted by atomic mass is 32.1. The number of fused-ring (bicyclic) bond motifs is 1. The summed E-state index contributed by atoms with van der Waals surface area (Å²) in [4.78, 5) is 28.0. The number of hydrogen-bond acceptors (Lipinski definition) is 6. The number of thiophene rings is 1. The lowest BCUT2D eigenvalue weighted by Gasteiger charge is -2.31. The van der Waals surface area contributed by atoms with E-state index in [4.69, 9.17) is 9.47 Å². The van der Waals surface area contributed by atoms with Crippen LogP contribution in [0.25, 0.3) is 10.1 Å². The predicted molar refractivity (Wildman–Crippen MR) is 121 cm³/mol. The monoisotopic (exact) mass is 425 g/mol. The maximum atomic E-state index is 13.1. The van der Waals surface area contributed by atoms with Gasteiger partial charge in [-0.2, -0.15) is 0 Å². The fraction of sp³-hybridized carbons (Fsp3) is 0.333. The van der Waals surface area contributed by atoms with E-state index >= 15 is 0 Å². The van der Waals surface area contributed by atoms with Crippen molar-refractivity contribution in [2.75, 3.05) is 4.90 Å². The number of nitrogens with zero attached hydrogens (tertiary/aromatic N) is 1. The van der Waals surface area contributed by atoms with Crippen LogP contribution in [0.3, 0.4) is 0 Å². The molecule has 2 aromatic carbocycles. The lowest BCUT2D eigenvalue weighted by Crippen LogP contribution is -2.47. The number of carbonyl (C=O) groups excluding carboxylic acids is 2. The Labute approximate surface area is 181 Å². The van der Waals surface area contributed by atoms with Gasteiger partial charge in [-0.1, -0.05) is 35.9 Å². The highest BCUT2D eigenvalue weighted by molar-refractivity contribution is 7.17. The molecule has 0 atom stereocenters. The second kappa shape index (κ2) is 9.30. The Morgan fingerprint density at radius 2 is 1.43 bits per heavy atom. The SMILES string of the molecule is Cc1ccc(N(c2csc3ccccc23)C(C(=O)OC(C)C)C(=O)OC(C)C)cc1. The summed E-state index contributed by atoms with van der Waals surface area (Å²) in [7, 11) is 0. The number of benzene rings is 2. The lowest BCUT2D eigenvalue weighted by molar-refractivity contribution is -0.160. The summed E-state index contributed by atoms with van der Waals surface area (Å²) in [6, 6.07) is 14.4. The minimum Gasteiger partial charge on any atom is -0.461 e. The zero-order valence-corrected chi connectivity index (χ0v) is 18.7. The van der Waals surface area contributed by atoms with Gasteiger partial charge in [0.25, 0.3) is 0 Å². The Bertz CT molecular complexity index is 1000. The molecule has 0 aliphatic rings. The van der Waals surface area contributed by atoms with Gasteiger partial charge >= 0.3 is 11.9 Å². The van der Waals surface area contributed by atoms with Gasteiger partial charge in [-0.25, -0.2) is 9.59 Å². The Morgan fingerprint density at radius 3 is 2.00 bits per heavy atom. The van der Waals surface area contributed by atoms with Crippen LogP contribution in [0.2, 0.25) is 0 Å². The molecule has 6 heteroatoms. The van der Waals surface area contributed by atoms with Gasteiger partial charge in [0.1, 0.15) is 0 Å². The van der Waals surface area contributed by atoms with E-state index < -0.39 is 18.0 Å². The quantitative estimate of drug-likeness (QED) is 0.363. The van der Waals surface area contributed by atoms with Crippen molar-refractivity contribution >= 4 is 44.7 Å². The Morgan fingerprint density at radius 1 is 0.867 bits per heavy atom. The van der Waals surface area contributed by atoms with Crippen molar-refractivity contribution in [3.05, 3.63) is 59.5 Å². The highest BCUT2D eigenvalue weighted by Crippen LogP contribution is 2.39. The van der Waals surface area contributed by atoms with Gasteiger partial charge in [0.05, 0.1) is 17.9 Å². The van der Waals surface area contributed by atoms with E-state index in [0.717, 1.165) is 27.0 Å². The van der Waals surface area contributed by atoms with Crippen LogP contribution >= 0.6 is 11.3 Å². The minimum absolute atomic E-state index is 0.356. The topological polar surface area (TPSA) is 55.8 Å². The van der Waals surface area contributed by atoms with Crippen LogP contribution in [-0.2, 0) is 19.1 Å². The third-order valence-electron chi connectivity index (χ3n) is 4.44. The second-order valence-electron chi connectivity index (χ2n) is 7.70. The van der Waals surface area contributed by atoms with Crippen molar-refractivity contribution < 1.29 is 19.1 Å². The zero-order chi connectivity index (χ0) is 21.8. The molecule has 158 valence electrons. The number of ether oxygens (including phenoxy) is 2. The van der Waals surface area contributed by atoms with E-state index in [1.165, 1.54) is 0 Å². The van der Waals surface area contributed by atoms with Crippen LogP contribution < -0.4 is 4.90 Å². The molecule has 0 unspecified atom stereocenters. The van der Waals surface area contributed by atoms with E-state index in [-0.39, 0.29) is 12.2 Å². The van der Waals surface area contributed by atoms with E-state index in [2.05, 4.69) is 0 Å². The van der Waals surface area contributed by atoms with E-state index in [1.54, 1.807) is 43.9 Å². The Balaban J connectivity index is 2.19. The average molecular weight is 426 g/mol. The molecule has 0 spiro atoms. The molecule has 3 rings (SSSR count). The molecule has 0 aliphatic heterocycles. The first-order chi connectivity index (χ1) is 14.3. The number of rotatable bonds is 7. The number of aryl methyl sites for hydroxylation is 1. The van der Waals surface area contributed by atoms with Crippen molar-refractivity contribution in [2.24, 2.45) is 0 Å². The van der Waals surface area contributed by atoms with Gasteiger partial charge in [0.15, 0.2) is 0 Å². The molecule has 0 saturated heterocycles. The number of hydrogen-bond donors (Lipinski definition) is 0. The molecule has 1 aromatic heterocycles. The summed E-state index contributed by atoms with van der Waals surface area (Å²) in [5.74, 6) is -1.27. The summed E-state index contributed by atoms with van der Waals surface area (Å²) >= 11 is 1.56. The fourth-order valence-corrected chi connectivity index (χ4v) is 4.12. The zero-order valence-electron chi connectivity index (χ0n) is 17.9.